The minimum atomic E-state index is 0.659. The molecule has 7 heteroatoms. The van der Waals surface area contributed by atoms with Gasteiger partial charge in [-0.15, -0.1) is 10.2 Å². The Hall–Kier alpha value is -2.47. The molecule has 0 fully saturated rings. The second-order valence-corrected chi connectivity index (χ2v) is 5.32. The zero-order valence-corrected chi connectivity index (χ0v) is 12.2. The highest BCUT2D eigenvalue weighted by atomic mass is 35.5. The van der Waals surface area contributed by atoms with E-state index in [1.54, 1.807) is 10.8 Å². The summed E-state index contributed by atoms with van der Waals surface area (Å²) in [5.74, 6) is 0. The topological polar surface area (TPSA) is 60.9 Å². The highest BCUT2D eigenvalue weighted by molar-refractivity contribution is 6.30. The maximum absolute atomic E-state index is 5.95. The standard InChI is InChI=1S/C14H11ClN6/c1-8-12-9(2)21(11-5-3-10(15)4-6-11)19-13(12)14-17-16-7-20(14)18-8/h3-7H,1-2H3. The number of fused-ring (bicyclic) bond motifs is 3. The number of rotatable bonds is 1. The average molecular weight is 299 g/mol. The molecule has 3 aromatic heterocycles. The molecule has 0 spiro atoms. The van der Waals surface area contributed by atoms with Crippen molar-refractivity contribution in [2.45, 2.75) is 13.8 Å². The Bertz CT molecular complexity index is 967. The van der Waals surface area contributed by atoms with Gasteiger partial charge in [-0.2, -0.15) is 14.7 Å². The summed E-state index contributed by atoms with van der Waals surface area (Å²) in [5.41, 5.74) is 4.32. The van der Waals surface area contributed by atoms with Gasteiger partial charge in [-0.25, -0.2) is 4.68 Å². The molecule has 6 nitrogen and oxygen atoms in total. The van der Waals surface area contributed by atoms with Crippen molar-refractivity contribution in [1.82, 2.24) is 29.6 Å². The van der Waals surface area contributed by atoms with E-state index >= 15 is 0 Å². The van der Waals surface area contributed by atoms with Gasteiger partial charge in [0.2, 0.25) is 5.65 Å². The fourth-order valence-corrected chi connectivity index (χ4v) is 2.72. The molecule has 0 aliphatic carbocycles. The number of hydrogen-bond donors (Lipinski definition) is 0. The zero-order chi connectivity index (χ0) is 14.6. The molecule has 0 saturated carbocycles. The van der Waals surface area contributed by atoms with Crippen LogP contribution in [0.15, 0.2) is 30.6 Å². The first kappa shape index (κ1) is 12.3. The fourth-order valence-electron chi connectivity index (χ4n) is 2.60. The van der Waals surface area contributed by atoms with E-state index in [2.05, 4.69) is 20.4 Å². The fraction of sp³-hybridized carbons (Fsp3) is 0.143. The van der Waals surface area contributed by atoms with Crippen molar-refractivity contribution in [3.8, 4) is 5.69 Å². The zero-order valence-electron chi connectivity index (χ0n) is 11.4. The Morgan fingerprint density at radius 1 is 1.05 bits per heavy atom. The first-order valence-electron chi connectivity index (χ1n) is 6.47. The maximum Gasteiger partial charge on any atom is 0.205 e. The lowest BCUT2D eigenvalue weighted by Gasteiger charge is -2.04. The van der Waals surface area contributed by atoms with Crippen LogP contribution in [0.5, 0.6) is 0 Å². The molecule has 0 aliphatic heterocycles. The lowest BCUT2D eigenvalue weighted by Crippen LogP contribution is -1.98. The summed E-state index contributed by atoms with van der Waals surface area (Å²) >= 11 is 5.95. The van der Waals surface area contributed by atoms with E-state index in [1.807, 2.05) is 42.8 Å². The van der Waals surface area contributed by atoms with Crippen LogP contribution >= 0.6 is 11.6 Å². The van der Waals surface area contributed by atoms with Crippen LogP contribution < -0.4 is 0 Å². The smallest absolute Gasteiger partial charge is 0.205 e. The molecular weight excluding hydrogens is 288 g/mol. The van der Waals surface area contributed by atoms with Crippen LogP contribution in [-0.2, 0) is 0 Å². The Kier molecular flexibility index (Phi) is 2.49. The molecule has 4 aromatic rings. The molecule has 0 unspecified atom stereocenters. The molecule has 1 aromatic carbocycles. The van der Waals surface area contributed by atoms with Crippen molar-refractivity contribution in [2.24, 2.45) is 0 Å². The van der Waals surface area contributed by atoms with E-state index in [0.29, 0.717) is 10.7 Å². The molecule has 0 aliphatic rings. The quantitative estimate of drug-likeness (QED) is 0.542. The van der Waals surface area contributed by atoms with E-state index in [0.717, 1.165) is 28.0 Å². The molecule has 21 heavy (non-hydrogen) atoms. The van der Waals surface area contributed by atoms with Crippen LogP contribution in [0.25, 0.3) is 22.2 Å². The lowest BCUT2D eigenvalue weighted by atomic mass is 10.2. The van der Waals surface area contributed by atoms with Gasteiger partial charge in [0.05, 0.1) is 22.5 Å². The van der Waals surface area contributed by atoms with Gasteiger partial charge in [0.25, 0.3) is 0 Å². The molecular formula is C14H11ClN6. The van der Waals surface area contributed by atoms with Crippen molar-refractivity contribution < 1.29 is 0 Å². The third-order valence-electron chi connectivity index (χ3n) is 3.55. The van der Waals surface area contributed by atoms with E-state index < -0.39 is 0 Å². The number of hydrogen-bond acceptors (Lipinski definition) is 4. The minimum Gasteiger partial charge on any atom is -0.237 e. The van der Waals surface area contributed by atoms with Gasteiger partial charge >= 0.3 is 0 Å². The van der Waals surface area contributed by atoms with Gasteiger partial charge < -0.3 is 0 Å². The Morgan fingerprint density at radius 2 is 1.81 bits per heavy atom. The van der Waals surface area contributed by atoms with Crippen LogP contribution in [0.2, 0.25) is 5.02 Å². The Morgan fingerprint density at radius 3 is 2.57 bits per heavy atom. The monoisotopic (exact) mass is 298 g/mol. The molecule has 3 heterocycles. The third kappa shape index (κ3) is 1.72. The summed E-state index contributed by atoms with van der Waals surface area (Å²) in [5, 5.41) is 18.9. The third-order valence-corrected chi connectivity index (χ3v) is 3.80. The van der Waals surface area contributed by atoms with Gasteiger partial charge in [0.1, 0.15) is 11.8 Å². The SMILES string of the molecule is Cc1nn2cnnc2c2nn(-c3ccc(Cl)cc3)c(C)c12. The highest BCUT2D eigenvalue weighted by Crippen LogP contribution is 2.25. The van der Waals surface area contributed by atoms with Crippen LogP contribution in [0.4, 0.5) is 0 Å². The van der Waals surface area contributed by atoms with Crippen LogP contribution in [0.3, 0.4) is 0 Å². The number of aryl methyl sites for hydroxylation is 2. The number of halogens is 1. The lowest BCUT2D eigenvalue weighted by molar-refractivity contribution is 0.860. The van der Waals surface area contributed by atoms with Crippen molar-refractivity contribution in [3.05, 3.63) is 47.0 Å². The van der Waals surface area contributed by atoms with Gasteiger partial charge in [0, 0.05) is 5.02 Å². The van der Waals surface area contributed by atoms with E-state index in [9.17, 15) is 0 Å². The molecule has 0 saturated heterocycles. The first-order chi connectivity index (χ1) is 10.1. The van der Waals surface area contributed by atoms with Crippen molar-refractivity contribution in [2.75, 3.05) is 0 Å². The van der Waals surface area contributed by atoms with E-state index in [-0.39, 0.29) is 0 Å². The summed E-state index contributed by atoms with van der Waals surface area (Å²) in [7, 11) is 0. The number of benzene rings is 1. The molecule has 104 valence electrons. The average Bonchev–Trinajstić information content (AvgIpc) is 3.05. The van der Waals surface area contributed by atoms with Crippen molar-refractivity contribution in [1.29, 1.82) is 0 Å². The van der Waals surface area contributed by atoms with Crippen molar-refractivity contribution >= 4 is 28.2 Å². The van der Waals surface area contributed by atoms with Crippen LogP contribution in [0.1, 0.15) is 11.4 Å². The highest BCUT2D eigenvalue weighted by Gasteiger charge is 2.16. The van der Waals surface area contributed by atoms with Crippen LogP contribution in [0, 0.1) is 13.8 Å². The van der Waals surface area contributed by atoms with Crippen molar-refractivity contribution in [3.63, 3.8) is 0 Å². The van der Waals surface area contributed by atoms with Gasteiger partial charge in [0.15, 0.2) is 0 Å². The summed E-state index contributed by atoms with van der Waals surface area (Å²) in [6.45, 7) is 3.98. The second kappa shape index (κ2) is 4.26. The second-order valence-electron chi connectivity index (χ2n) is 4.88. The minimum absolute atomic E-state index is 0.659. The summed E-state index contributed by atoms with van der Waals surface area (Å²) < 4.78 is 3.53. The normalized spacial score (nSPS) is 11.6. The summed E-state index contributed by atoms with van der Waals surface area (Å²) in [6, 6.07) is 7.57. The van der Waals surface area contributed by atoms with Gasteiger partial charge in [-0.1, -0.05) is 11.6 Å². The number of nitrogens with zero attached hydrogens (tertiary/aromatic N) is 6. The molecule has 0 radical (unpaired) electrons. The largest absolute Gasteiger partial charge is 0.237 e. The Balaban J connectivity index is 2.09. The summed E-state index contributed by atoms with van der Waals surface area (Å²) in [6.07, 6.45) is 1.58. The van der Waals surface area contributed by atoms with Crippen LogP contribution in [-0.4, -0.2) is 29.6 Å². The van der Waals surface area contributed by atoms with Gasteiger partial charge in [-0.05, 0) is 38.1 Å². The molecule has 0 amide bonds. The predicted octanol–water partition coefficient (Wildman–Crippen LogP) is 2.73. The number of aromatic nitrogens is 6. The maximum atomic E-state index is 5.95. The van der Waals surface area contributed by atoms with E-state index in [1.165, 1.54) is 0 Å². The molecule has 0 N–H and O–H groups in total. The molecule has 0 atom stereocenters. The van der Waals surface area contributed by atoms with Gasteiger partial charge in [-0.3, -0.25) is 0 Å². The predicted molar refractivity (Wildman–Crippen MR) is 79.9 cm³/mol. The summed E-state index contributed by atoms with van der Waals surface area (Å²) in [4.78, 5) is 0. The Labute approximate surface area is 125 Å². The molecule has 0 bridgehead atoms. The molecule has 4 rings (SSSR count). The first-order valence-corrected chi connectivity index (χ1v) is 6.85. The van der Waals surface area contributed by atoms with E-state index in [4.69, 9.17) is 11.6 Å².